The smallest absolute Gasteiger partial charge is 0.335 e. The molecule has 2 N–H and O–H groups in total. The Balaban J connectivity index is 2.88. The van der Waals surface area contributed by atoms with E-state index in [2.05, 4.69) is 10.6 Å². The van der Waals surface area contributed by atoms with Gasteiger partial charge >= 0.3 is 5.97 Å². The molecular formula is C14H17NO5S. The number of hydrogen-bond donors (Lipinski definition) is 2. The van der Waals surface area contributed by atoms with E-state index in [0.29, 0.717) is 12.8 Å². The van der Waals surface area contributed by atoms with Crippen molar-refractivity contribution in [2.75, 3.05) is 13.7 Å². The summed E-state index contributed by atoms with van der Waals surface area (Å²) in [6.07, 6.45) is 7.06. The Bertz CT molecular complexity index is 646. The Morgan fingerprint density at radius 2 is 2.14 bits per heavy atom. The lowest BCUT2D eigenvalue weighted by Gasteiger charge is -2.11. The number of carboxylic acid groups (broad SMARTS) is 1. The van der Waals surface area contributed by atoms with E-state index in [1.807, 2.05) is 0 Å². The van der Waals surface area contributed by atoms with Gasteiger partial charge in [0, 0.05) is 13.0 Å². The first-order chi connectivity index (χ1) is 9.92. The fourth-order valence-electron chi connectivity index (χ4n) is 1.66. The number of hydrogen-bond acceptors (Lipinski definition) is 4. The second kappa shape index (κ2) is 7.67. The van der Waals surface area contributed by atoms with E-state index < -0.39 is 16.0 Å². The number of carbonyl (C=O) groups is 1. The molecule has 0 aliphatic carbocycles. The summed E-state index contributed by atoms with van der Waals surface area (Å²) in [5.41, 5.74) is -0.0418. The molecule has 0 saturated heterocycles. The first-order valence-corrected chi connectivity index (χ1v) is 7.75. The van der Waals surface area contributed by atoms with Crippen molar-refractivity contribution in [3.8, 4) is 18.1 Å². The van der Waals surface area contributed by atoms with E-state index in [1.165, 1.54) is 25.3 Å². The third-order valence-corrected chi connectivity index (χ3v) is 4.24. The summed E-state index contributed by atoms with van der Waals surface area (Å²) in [6, 6.07) is 3.61. The average Bonchev–Trinajstić information content (AvgIpc) is 2.46. The molecule has 0 amide bonds. The highest BCUT2D eigenvalue weighted by atomic mass is 32.2. The summed E-state index contributed by atoms with van der Waals surface area (Å²) in [4.78, 5) is 10.8. The van der Waals surface area contributed by atoms with Gasteiger partial charge in [0.2, 0.25) is 10.0 Å². The first-order valence-electron chi connectivity index (χ1n) is 6.27. The van der Waals surface area contributed by atoms with Crippen molar-refractivity contribution in [3.05, 3.63) is 23.8 Å². The summed E-state index contributed by atoms with van der Waals surface area (Å²) in [7, 11) is -2.47. The number of unbranched alkanes of at least 4 members (excludes halogenated alkanes) is 2. The summed E-state index contributed by atoms with van der Waals surface area (Å²) in [6.45, 7) is 0.258. The van der Waals surface area contributed by atoms with Crippen LogP contribution in [-0.2, 0) is 10.0 Å². The van der Waals surface area contributed by atoms with Gasteiger partial charge in [-0.1, -0.05) is 0 Å². The van der Waals surface area contributed by atoms with Crippen LogP contribution in [0.15, 0.2) is 23.1 Å². The number of sulfonamides is 1. The summed E-state index contributed by atoms with van der Waals surface area (Å²) in [5.74, 6) is 1.32. The number of benzene rings is 1. The minimum absolute atomic E-state index is 0.00831. The van der Waals surface area contributed by atoms with Gasteiger partial charge < -0.3 is 9.84 Å². The molecule has 0 heterocycles. The van der Waals surface area contributed by atoms with Crippen LogP contribution in [0, 0.1) is 12.3 Å². The second-order valence-electron chi connectivity index (χ2n) is 4.23. The van der Waals surface area contributed by atoms with Crippen LogP contribution in [0.1, 0.15) is 29.6 Å². The first kappa shape index (κ1) is 17.0. The Morgan fingerprint density at radius 3 is 2.71 bits per heavy atom. The largest absolute Gasteiger partial charge is 0.495 e. The maximum atomic E-state index is 12.1. The summed E-state index contributed by atoms with van der Waals surface area (Å²) < 4.78 is 31.7. The molecule has 0 aliphatic heterocycles. The Labute approximate surface area is 124 Å². The van der Waals surface area contributed by atoms with Crippen LogP contribution < -0.4 is 9.46 Å². The van der Waals surface area contributed by atoms with Crippen LogP contribution in [0.2, 0.25) is 0 Å². The van der Waals surface area contributed by atoms with E-state index in [-0.39, 0.29) is 22.8 Å². The van der Waals surface area contributed by atoms with E-state index in [9.17, 15) is 13.2 Å². The van der Waals surface area contributed by atoms with Crippen molar-refractivity contribution in [1.29, 1.82) is 0 Å². The molecule has 0 radical (unpaired) electrons. The zero-order chi connectivity index (χ0) is 15.9. The lowest BCUT2D eigenvalue weighted by molar-refractivity contribution is 0.0696. The fourth-order valence-corrected chi connectivity index (χ4v) is 2.88. The zero-order valence-electron chi connectivity index (χ0n) is 11.6. The maximum Gasteiger partial charge on any atom is 0.335 e. The molecule has 1 aromatic rings. The molecule has 1 rings (SSSR count). The molecular weight excluding hydrogens is 294 g/mol. The summed E-state index contributed by atoms with van der Waals surface area (Å²) in [5, 5.41) is 8.89. The Kier molecular flexibility index (Phi) is 6.21. The van der Waals surface area contributed by atoms with Gasteiger partial charge in [0.25, 0.3) is 0 Å². The number of ether oxygens (including phenoxy) is 1. The Hall–Kier alpha value is -2.04. The zero-order valence-corrected chi connectivity index (χ0v) is 12.4. The van der Waals surface area contributed by atoms with Crippen LogP contribution in [0.4, 0.5) is 0 Å². The van der Waals surface area contributed by atoms with E-state index >= 15 is 0 Å². The van der Waals surface area contributed by atoms with Gasteiger partial charge in [-0.25, -0.2) is 17.9 Å². The van der Waals surface area contributed by atoms with Gasteiger partial charge in [-0.3, -0.25) is 0 Å². The van der Waals surface area contributed by atoms with Gasteiger partial charge in [0.1, 0.15) is 10.6 Å². The van der Waals surface area contributed by atoms with Crippen LogP contribution in [0.5, 0.6) is 5.75 Å². The van der Waals surface area contributed by atoms with Crippen molar-refractivity contribution >= 4 is 16.0 Å². The fraction of sp³-hybridized carbons (Fsp3) is 0.357. The van der Waals surface area contributed by atoms with Crippen LogP contribution in [0.25, 0.3) is 0 Å². The topological polar surface area (TPSA) is 92.7 Å². The molecule has 0 fully saturated rings. The second-order valence-corrected chi connectivity index (χ2v) is 5.97. The normalized spacial score (nSPS) is 10.9. The third-order valence-electron chi connectivity index (χ3n) is 2.74. The molecule has 0 aliphatic rings. The van der Waals surface area contributed by atoms with Crippen LogP contribution in [0.3, 0.4) is 0 Å². The van der Waals surface area contributed by atoms with E-state index in [0.717, 1.165) is 6.42 Å². The van der Waals surface area contributed by atoms with Gasteiger partial charge in [-0.15, -0.1) is 12.3 Å². The van der Waals surface area contributed by atoms with Crippen molar-refractivity contribution in [3.63, 3.8) is 0 Å². The van der Waals surface area contributed by atoms with Gasteiger partial charge in [-0.05, 0) is 31.0 Å². The van der Waals surface area contributed by atoms with Gasteiger partial charge in [-0.2, -0.15) is 0 Å². The molecule has 7 heteroatoms. The van der Waals surface area contributed by atoms with Crippen LogP contribution >= 0.6 is 0 Å². The minimum Gasteiger partial charge on any atom is -0.495 e. The van der Waals surface area contributed by atoms with Crippen molar-refractivity contribution in [2.45, 2.75) is 24.2 Å². The summed E-state index contributed by atoms with van der Waals surface area (Å²) >= 11 is 0. The number of aromatic carboxylic acids is 1. The predicted octanol–water partition coefficient (Wildman–Crippen LogP) is 1.48. The molecule has 0 saturated carbocycles. The van der Waals surface area contributed by atoms with Gasteiger partial charge in [0.05, 0.1) is 12.7 Å². The molecule has 1 aromatic carbocycles. The average molecular weight is 311 g/mol. The number of terminal acetylenes is 1. The van der Waals surface area contributed by atoms with Crippen LogP contribution in [-0.4, -0.2) is 33.1 Å². The number of rotatable bonds is 8. The highest BCUT2D eigenvalue weighted by Gasteiger charge is 2.20. The van der Waals surface area contributed by atoms with Crippen molar-refractivity contribution in [1.82, 2.24) is 4.72 Å². The van der Waals surface area contributed by atoms with Crippen molar-refractivity contribution in [2.24, 2.45) is 0 Å². The highest BCUT2D eigenvalue weighted by molar-refractivity contribution is 7.89. The standard InChI is InChI=1S/C14H17NO5S/c1-3-4-5-6-9-15-21(18,19)13-8-7-11(14(16)17)10-12(13)20-2/h1,7-8,10,15H,4-6,9H2,2H3,(H,16,17). The molecule has 6 nitrogen and oxygen atoms in total. The number of carboxylic acids is 1. The monoisotopic (exact) mass is 311 g/mol. The Morgan fingerprint density at radius 1 is 1.43 bits per heavy atom. The number of methoxy groups -OCH3 is 1. The lowest BCUT2D eigenvalue weighted by Crippen LogP contribution is -2.25. The molecule has 0 spiro atoms. The quantitative estimate of drug-likeness (QED) is 0.560. The van der Waals surface area contributed by atoms with E-state index in [4.69, 9.17) is 16.3 Å². The molecule has 0 unspecified atom stereocenters. The lowest BCUT2D eigenvalue weighted by atomic mass is 10.2. The molecule has 114 valence electrons. The third kappa shape index (κ3) is 4.77. The molecule has 0 atom stereocenters. The minimum atomic E-state index is -3.75. The highest BCUT2D eigenvalue weighted by Crippen LogP contribution is 2.24. The molecule has 0 aromatic heterocycles. The molecule has 0 bridgehead atoms. The molecule has 21 heavy (non-hydrogen) atoms. The van der Waals surface area contributed by atoms with E-state index in [1.54, 1.807) is 0 Å². The maximum absolute atomic E-state index is 12.1. The van der Waals surface area contributed by atoms with Crippen molar-refractivity contribution < 1.29 is 23.1 Å². The van der Waals surface area contributed by atoms with Gasteiger partial charge in [0.15, 0.2) is 0 Å². The number of nitrogens with one attached hydrogen (secondary N) is 1. The predicted molar refractivity (Wildman–Crippen MR) is 77.8 cm³/mol. The SMILES string of the molecule is C#CCCCCNS(=O)(=O)c1ccc(C(=O)O)cc1OC.